The number of anilines is 1. The molecule has 0 aromatic heterocycles. The third-order valence-corrected chi connectivity index (χ3v) is 5.70. The Kier molecular flexibility index (Phi) is 5.60. The Labute approximate surface area is 176 Å². The predicted octanol–water partition coefficient (Wildman–Crippen LogP) is 4.63. The van der Waals surface area contributed by atoms with Crippen LogP contribution < -0.4 is 5.32 Å². The standard InChI is InChI=1S/C22H21F4N3O2/c23-18-8-3-7-17(22(24,25)26)20(18)27-21(31)29-10-4-9-28(29)19(30)13-14-11-15-5-1-2-6-16(15)12-14/h1-3,5-8,14H,4,9-13H2,(H,27,31). The molecule has 31 heavy (non-hydrogen) atoms. The van der Waals surface area contributed by atoms with E-state index < -0.39 is 29.3 Å². The van der Waals surface area contributed by atoms with Gasteiger partial charge in [0.1, 0.15) is 5.82 Å². The predicted molar refractivity (Wildman–Crippen MR) is 105 cm³/mol. The number of carbonyl (C=O) groups is 2. The van der Waals surface area contributed by atoms with Gasteiger partial charge in [-0.25, -0.2) is 14.2 Å². The molecule has 0 saturated carbocycles. The van der Waals surface area contributed by atoms with Gasteiger partial charge in [-0.1, -0.05) is 30.3 Å². The largest absolute Gasteiger partial charge is 0.418 e. The molecule has 0 unspecified atom stereocenters. The summed E-state index contributed by atoms with van der Waals surface area (Å²) >= 11 is 0. The fourth-order valence-electron chi connectivity index (χ4n) is 4.29. The van der Waals surface area contributed by atoms with Crippen LogP contribution in [0.5, 0.6) is 0 Å². The number of hydrogen-bond acceptors (Lipinski definition) is 2. The van der Waals surface area contributed by atoms with E-state index in [4.69, 9.17) is 0 Å². The maximum atomic E-state index is 14.1. The Hall–Kier alpha value is -3.10. The Morgan fingerprint density at radius 1 is 0.968 bits per heavy atom. The summed E-state index contributed by atoms with van der Waals surface area (Å²) in [5, 5.41) is 4.34. The monoisotopic (exact) mass is 435 g/mol. The zero-order chi connectivity index (χ0) is 22.2. The molecule has 3 amide bonds. The van der Waals surface area contributed by atoms with Crippen molar-refractivity contribution in [1.29, 1.82) is 0 Å². The summed E-state index contributed by atoms with van der Waals surface area (Å²) in [6.45, 7) is 0.452. The van der Waals surface area contributed by atoms with Gasteiger partial charge < -0.3 is 5.32 Å². The van der Waals surface area contributed by atoms with Crippen molar-refractivity contribution in [2.75, 3.05) is 18.4 Å². The van der Waals surface area contributed by atoms with Crippen LogP contribution in [0.15, 0.2) is 42.5 Å². The van der Waals surface area contributed by atoms with Crippen molar-refractivity contribution in [3.8, 4) is 0 Å². The summed E-state index contributed by atoms with van der Waals surface area (Å²) in [4.78, 5) is 25.5. The summed E-state index contributed by atoms with van der Waals surface area (Å²) in [7, 11) is 0. The zero-order valence-corrected chi connectivity index (χ0v) is 16.6. The number of nitrogens with zero attached hydrogens (tertiary/aromatic N) is 2. The molecule has 1 aliphatic carbocycles. The number of carbonyl (C=O) groups excluding carboxylic acids is 2. The second kappa shape index (κ2) is 8.20. The van der Waals surface area contributed by atoms with Gasteiger partial charge in [0.15, 0.2) is 0 Å². The van der Waals surface area contributed by atoms with E-state index in [9.17, 15) is 27.2 Å². The first-order chi connectivity index (χ1) is 14.7. The summed E-state index contributed by atoms with van der Waals surface area (Å²) in [5.41, 5.74) is 0.193. The number of benzene rings is 2. The van der Waals surface area contributed by atoms with Gasteiger partial charge in [0.25, 0.3) is 0 Å². The average Bonchev–Trinajstić information content (AvgIpc) is 3.35. The number of para-hydroxylation sites is 1. The third-order valence-electron chi connectivity index (χ3n) is 5.70. The smallest absolute Gasteiger partial charge is 0.303 e. The average molecular weight is 435 g/mol. The number of halogens is 4. The Bertz CT molecular complexity index is 983. The van der Waals surface area contributed by atoms with Gasteiger partial charge in [-0.15, -0.1) is 0 Å². The van der Waals surface area contributed by atoms with E-state index in [2.05, 4.69) is 0 Å². The van der Waals surface area contributed by atoms with Crippen molar-refractivity contribution in [3.63, 3.8) is 0 Å². The molecule has 9 heteroatoms. The number of fused-ring (bicyclic) bond motifs is 1. The second-order valence-corrected chi connectivity index (χ2v) is 7.83. The molecule has 0 bridgehead atoms. The molecular weight excluding hydrogens is 414 g/mol. The molecule has 2 aromatic rings. The minimum atomic E-state index is -4.83. The maximum absolute atomic E-state index is 14.1. The highest BCUT2D eigenvalue weighted by Crippen LogP contribution is 2.36. The van der Waals surface area contributed by atoms with E-state index in [-0.39, 0.29) is 31.3 Å². The van der Waals surface area contributed by atoms with Crippen LogP contribution in [-0.2, 0) is 23.8 Å². The van der Waals surface area contributed by atoms with Crippen molar-refractivity contribution in [2.45, 2.75) is 31.9 Å². The number of amides is 3. The number of hydrogen-bond donors (Lipinski definition) is 1. The molecule has 5 nitrogen and oxygen atoms in total. The van der Waals surface area contributed by atoms with Crippen LogP contribution in [0.25, 0.3) is 0 Å². The molecule has 2 aromatic carbocycles. The number of alkyl halides is 3. The summed E-state index contributed by atoms with van der Waals surface area (Å²) in [5.74, 6) is -1.35. The SMILES string of the molecule is O=C(CC1Cc2ccccc2C1)N1CCCN1C(=O)Nc1c(F)cccc1C(F)(F)F. The normalized spacial score (nSPS) is 16.5. The highest BCUT2D eigenvalue weighted by atomic mass is 19.4. The molecule has 1 saturated heterocycles. The summed E-state index contributed by atoms with van der Waals surface area (Å²) in [6, 6.07) is 9.47. The van der Waals surface area contributed by atoms with Crippen LogP contribution in [0.3, 0.4) is 0 Å². The molecule has 1 fully saturated rings. The van der Waals surface area contributed by atoms with Gasteiger partial charge in [-0.2, -0.15) is 13.2 Å². The Morgan fingerprint density at radius 2 is 1.61 bits per heavy atom. The lowest BCUT2D eigenvalue weighted by molar-refractivity contribution is -0.141. The van der Waals surface area contributed by atoms with Gasteiger partial charge in [0.2, 0.25) is 5.91 Å². The number of urea groups is 1. The third kappa shape index (κ3) is 4.35. The van der Waals surface area contributed by atoms with Crippen molar-refractivity contribution in [2.24, 2.45) is 5.92 Å². The molecule has 164 valence electrons. The molecule has 0 spiro atoms. The molecule has 4 rings (SSSR count). The van der Waals surface area contributed by atoms with Crippen molar-refractivity contribution < 1.29 is 27.2 Å². The zero-order valence-electron chi connectivity index (χ0n) is 16.6. The van der Waals surface area contributed by atoms with Crippen LogP contribution in [0.4, 0.5) is 28.0 Å². The fraction of sp³-hybridized carbons (Fsp3) is 0.364. The first-order valence-electron chi connectivity index (χ1n) is 10.1. The van der Waals surface area contributed by atoms with Gasteiger partial charge in [0.05, 0.1) is 11.3 Å². The maximum Gasteiger partial charge on any atom is 0.418 e. The first-order valence-corrected chi connectivity index (χ1v) is 10.1. The minimum absolute atomic E-state index is 0.110. The molecule has 1 N–H and O–H groups in total. The number of nitrogens with one attached hydrogen (secondary N) is 1. The van der Waals surface area contributed by atoms with Crippen molar-refractivity contribution in [3.05, 3.63) is 65.0 Å². The van der Waals surface area contributed by atoms with Crippen LogP contribution in [-0.4, -0.2) is 35.0 Å². The van der Waals surface area contributed by atoms with Crippen LogP contribution in [0, 0.1) is 11.7 Å². The minimum Gasteiger partial charge on any atom is -0.303 e. The van der Waals surface area contributed by atoms with Crippen molar-refractivity contribution in [1.82, 2.24) is 10.0 Å². The second-order valence-electron chi connectivity index (χ2n) is 7.83. The van der Waals surface area contributed by atoms with Crippen LogP contribution >= 0.6 is 0 Å². The summed E-state index contributed by atoms with van der Waals surface area (Å²) < 4.78 is 53.7. The lowest BCUT2D eigenvalue weighted by Gasteiger charge is -2.29. The topological polar surface area (TPSA) is 52.7 Å². The van der Waals surface area contributed by atoms with Crippen LogP contribution in [0.2, 0.25) is 0 Å². The lowest BCUT2D eigenvalue weighted by Crippen LogP contribution is -2.47. The first kappa shape index (κ1) is 21.1. The molecular formula is C22H21F4N3O2. The van der Waals surface area contributed by atoms with E-state index in [1.807, 2.05) is 29.6 Å². The quantitative estimate of drug-likeness (QED) is 0.715. The molecule has 0 radical (unpaired) electrons. The summed E-state index contributed by atoms with van der Waals surface area (Å²) in [6.07, 6.45) is -2.57. The fourth-order valence-corrected chi connectivity index (χ4v) is 4.29. The van der Waals surface area contributed by atoms with Crippen molar-refractivity contribution >= 4 is 17.6 Å². The van der Waals surface area contributed by atoms with E-state index in [0.29, 0.717) is 12.5 Å². The van der Waals surface area contributed by atoms with E-state index in [0.717, 1.165) is 30.0 Å². The van der Waals surface area contributed by atoms with Gasteiger partial charge in [-0.3, -0.25) is 9.80 Å². The van der Waals surface area contributed by atoms with Crippen LogP contribution in [0.1, 0.15) is 29.5 Å². The number of hydrazine groups is 1. The Balaban J connectivity index is 1.44. The lowest BCUT2D eigenvalue weighted by atomic mass is 10.0. The molecule has 2 aliphatic rings. The van der Waals surface area contributed by atoms with E-state index in [1.54, 1.807) is 0 Å². The Morgan fingerprint density at radius 3 is 2.26 bits per heavy atom. The molecule has 1 aliphatic heterocycles. The molecule has 0 atom stereocenters. The van der Waals surface area contributed by atoms with Gasteiger partial charge in [0, 0.05) is 19.5 Å². The highest BCUT2D eigenvalue weighted by Gasteiger charge is 2.37. The number of rotatable bonds is 3. The highest BCUT2D eigenvalue weighted by molar-refractivity contribution is 5.92. The molecule has 1 heterocycles. The van der Waals surface area contributed by atoms with Gasteiger partial charge >= 0.3 is 12.2 Å². The van der Waals surface area contributed by atoms with E-state index >= 15 is 0 Å². The van der Waals surface area contributed by atoms with E-state index in [1.165, 1.54) is 16.1 Å². The van der Waals surface area contributed by atoms with Gasteiger partial charge in [-0.05, 0) is 48.4 Å².